The van der Waals surface area contributed by atoms with Crippen LogP contribution in [-0.2, 0) is 6.42 Å². The number of hydrogen-bond donors (Lipinski definition) is 2. The molecule has 0 aliphatic carbocycles. The van der Waals surface area contributed by atoms with Crippen molar-refractivity contribution < 1.29 is 14.1 Å². The van der Waals surface area contributed by atoms with Crippen molar-refractivity contribution in [3.8, 4) is 0 Å². The van der Waals surface area contributed by atoms with Crippen molar-refractivity contribution in [2.75, 3.05) is 38.0 Å². The van der Waals surface area contributed by atoms with E-state index in [0.717, 1.165) is 45.6 Å². The van der Waals surface area contributed by atoms with Crippen LogP contribution in [0.25, 0.3) is 0 Å². The van der Waals surface area contributed by atoms with Crippen molar-refractivity contribution >= 4 is 11.7 Å². The van der Waals surface area contributed by atoms with Gasteiger partial charge in [-0.25, -0.2) is 9.18 Å². The fourth-order valence-electron chi connectivity index (χ4n) is 3.20. The van der Waals surface area contributed by atoms with Crippen LogP contribution >= 0.6 is 0 Å². The summed E-state index contributed by atoms with van der Waals surface area (Å²) in [6.07, 6.45) is 2.07. The molecule has 1 aliphatic heterocycles. The molecular weight excluding hydrogens is 317 g/mol. The standard InChI is InChI=1S/C20H24FN3O/c21-18-7-9-19(10-8-18)22-20(25)24-13-4-12-23(15-16-24)14-11-17-5-2-1-3-6-17/h1-3,5-10H,4,11-16H2,(H,22,25)/p+1. The van der Waals surface area contributed by atoms with Gasteiger partial charge in [-0.3, -0.25) is 0 Å². The molecule has 0 aromatic heterocycles. The number of carbonyl (C=O) groups is 1. The molecule has 1 fully saturated rings. The van der Waals surface area contributed by atoms with E-state index < -0.39 is 0 Å². The van der Waals surface area contributed by atoms with E-state index in [1.807, 2.05) is 11.0 Å². The molecule has 1 saturated heterocycles. The van der Waals surface area contributed by atoms with Gasteiger partial charge in [0.1, 0.15) is 5.82 Å². The topological polar surface area (TPSA) is 36.8 Å². The number of rotatable bonds is 4. The molecule has 0 saturated carbocycles. The molecule has 1 aliphatic rings. The van der Waals surface area contributed by atoms with Crippen LogP contribution in [0.5, 0.6) is 0 Å². The zero-order chi connectivity index (χ0) is 17.5. The number of amides is 2. The molecule has 132 valence electrons. The van der Waals surface area contributed by atoms with E-state index in [0.29, 0.717) is 5.69 Å². The van der Waals surface area contributed by atoms with Gasteiger partial charge in [0.05, 0.1) is 26.2 Å². The van der Waals surface area contributed by atoms with Gasteiger partial charge in [0.25, 0.3) is 0 Å². The third-order valence-corrected chi connectivity index (χ3v) is 4.69. The van der Waals surface area contributed by atoms with Gasteiger partial charge in [-0.05, 0) is 29.8 Å². The largest absolute Gasteiger partial charge is 0.333 e. The van der Waals surface area contributed by atoms with E-state index in [2.05, 4.69) is 29.6 Å². The van der Waals surface area contributed by atoms with Crippen molar-refractivity contribution in [3.63, 3.8) is 0 Å². The monoisotopic (exact) mass is 342 g/mol. The van der Waals surface area contributed by atoms with E-state index in [9.17, 15) is 9.18 Å². The van der Waals surface area contributed by atoms with Crippen molar-refractivity contribution in [2.45, 2.75) is 12.8 Å². The molecule has 3 rings (SSSR count). The zero-order valence-corrected chi connectivity index (χ0v) is 14.4. The summed E-state index contributed by atoms with van der Waals surface area (Å²) >= 11 is 0. The van der Waals surface area contributed by atoms with Crippen LogP contribution in [0.3, 0.4) is 0 Å². The van der Waals surface area contributed by atoms with E-state index in [1.54, 1.807) is 17.0 Å². The Morgan fingerprint density at radius 1 is 1.04 bits per heavy atom. The molecule has 4 nitrogen and oxygen atoms in total. The first-order valence-electron chi connectivity index (χ1n) is 8.90. The Hall–Kier alpha value is -2.40. The lowest BCUT2D eigenvalue weighted by Crippen LogP contribution is -3.12. The highest BCUT2D eigenvalue weighted by molar-refractivity contribution is 5.89. The van der Waals surface area contributed by atoms with Crippen LogP contribution in [-0.4, -0.2) is 43.7 Å². The Bertz CT molecular complexity index is 675. The highest BCUT2D eigenvalue weighted by Gasteiger charge is 2.21. The minimum Gasteiger partial charge on any atom is -0.333 e. The van der Waals surface area contributed by atoms with E-state index in [-0.39, 0.29) is 11.8 Å². The first kappa shape index (κ1) is 17.4. The summed E-state index contributed by atoms with van der Waals surface area (Å²) in [6.45, 7) is 4.66. The van der Waals surface area contributed by atoms with E-state index >= 15 is 0 Å². The maximum absolute atomic E-state index is 12.9. The molecule has 2 amide bonds. The molecule has 0 radical (unpaired) electrons. The molecule has 1 unspecified atom stereocenters. The van der Waals surface area contributed by atoms with Crippen LogP contribution in [0, 0.1) is 5.82 Å². The fourth-order valence-corrected chi connectivity index (χ4v) is 3.20. The van der Waals surface area contributed by atoms with Crippen LogP contribution in [0.15, 0.2) is 54.6 Å². The molecule has 2 aromatic rings. The summed E-state index contributed by atoms with van der Waals surface area (Å²) in [5, 5.41) is 2.85. The summed E-state index contributed by atoms with van der Waals surface area (Å²) in [4.78, 5) is 15.8. The molecule has 2 N–H and O–H groups in total. The number of nitrogens with zero attached hydrogens (tertiary/aromatic N) is 1. The number of hydrogen-bond acceptors (Lipinski definition) is 1. The SMILES string of the molecule is O=C(Nc1ccc(F)cc1)N1CCC[NH+](CCc2ccccc2)CC1. The van der Waals surface area contributed by atoms with Crippen molar-refractivity contribution in [2.24, 2.45) is 0 Å². The number of urea groups is 1. The maximum atomic E-state index is 12.9. The first-order chi connectivity index (χ1) is 12.2. The first-order valence-corrected chi connectivity index (χ1v) is 8.90. The van der Waals surface area contributed by atoms with Crippen LogP contribution < -0.4 is 10.2 Å². The number of nitrogens with one attached hydrogen (secondary N) is 2. The highest BCUT2D eigenvalue weighted by atomic mass is 19.1. The smallest absolute Gasteiger partial charge is 0.322 e. The van der Waals surface area contributed by atoms with Gasteiger partial charge in [-0.1, -0.05) is 30.3 Å². The van der Waals surface area contributed by atoms with Crippen LogP contribution in [0.1, 0.15) is 12.0 Å². The molecule has 0 spiro atoms. The Morgan fingerprint density at radius 3 is 2.56 bits per heavy atom. The second-order valence-corrected chi connectivity index (χ2v) is 6.51. The Labute approximate surface area is 148 Å². The van der Waals surface area contributed by atoms with Crippen LogP contribution in [0.2, 0.25) is 0 Å². The molecule has 1 atom stereocenters. The van der Waals surface area contributed by atoms with Gasteiger partial charge in [0.2, 0.25) is 0 Å². The van der Waals surface area contributed by atoms with Crippen molar-refractivity contribution in [1.29, 1.82) is 0 Å². The molecule has 25 heavy (non-hydrogen) atoms. The molecule has 0 bridgehead atoms. The van der Waals surface area contributed by atoms with Crippen molar-refractivity contribution in [3.05, 3.63) is 66.0 Å². The molecular formula is C20H25FN3O+. The van der Waals surface area contributed by atoms with Gasteiger partial charge in [-0.2, -0.15) is 0 Å². The normalized spacial score (nSPS) is 17.8. The number of anilines is 1. The molecule has 2 aromatic carbocycles. The van der Waals surface area contributed by atoms with Gasteiger partial charge in [-0.15, -0.1) is 0 Å². The maximum Gasteiger partial charge on any atom is 0.322 e. The van der Waals surface area contributed by atoms with E-state index in [4.69, 9.17) is 0 Å². The average Bonchev–Trinajstić information content (AvgIpc) is 2.88. The third-order valence-electron chi connectivity index (χ3n) is 4.69. The number of halogens is 1. The Morgan fingerprint density at radius 2 is 1.80 bits per heavy atom. The third kappa shape index (κ3) is 5.29. The van der Waals surface area contributed by atoms with Gasteiger partial charge < -0.3 is 15.1 Å². The average molecular weight is 342 g/mol. The summed E-state index contributed by atoms with van der Waals surface area (Å²) < 4.78 is 12.9. The fraction of sp³-hybridized carbons (Fsp3) is 0.350. The second kappa shape index (κ2) is 8.62. The van der Waals surface area contributed by atoms with Gasteiger partial charge >= 0.3 is 6.03 Å². The summed E-state index contributed by atoms with van der Waals surface area (Å²) in [5.41, 5.74) is 1.99. The summed E-state index contributed by atoms with van der Waals surface area (Å²) in [7, 11) is 0. The Kier molecular flexibility index (Phi) is 6.01. The molecule has 1 heterocycles. The minimum atomic E-state index is -0.301. The lowest BCUT2D eigenvalue weighted by molar-refractivity contribution is -0.897. The number of quaternary nitrogens is 1. The van der Waals surface area contributed by atoms with Gasteiger partial charge in [0, 0.05) is 25.1 Å². The van der Waals surface area contributed by atoms with Gasteiger partial charge in [0.15, 0.2) is 0 Å². The van der Waals surface area contributed by atoms with E-state index in [1.165, 1.54) is 17.7 Å². The van der Waals surface area contributed by atoms with Crippen LogP contribution in [0.4, 0.5) is 14.9 Å². The zero-order valence-electron chi connectivity index (χ0n) is 14.4. The number of benzene rings is 2. The second-order valence-electron chi connectivity index (χ2n) is 6.51. The lowest BCUT2D eigenvalue weighted by Gasteiger charge is -2.20. The predicted molar refractivity (Wildman–Crippen MR) is 97.3 cm³/mol. The highest BCUT2D eigenvalue weighted by Crippen LogP contribution is 2.09. The number of carbonyl (C=O) groups excluding carboxylic acids is 1. The quantitative estimate of drug-likeness (QED) is 0.878. The predicted octanol–water partition coefficient (Wildman–Crippen LogP) is 2.19. The molecule has 5 heteroatoms. The Balaban J connectivity index is 1.47. The minimum absolute atomic E-state index is 0.101. The summed E-state index contributed by atoms with van der Waals surface area (Å²) in [5.74, 6) is -0.301. The van der Waals surface area contributed by atoms with Crippen molar-refractivity contribution in [1.82, 2.24) is 4.90 Å². The lowest BCUT2D eigenvalue weighted by atomic mass is 10.1. The summed E-state index contributed by atoms with van der Waals surface area (Å²) in [6, 6.07) is 16.3.